The highest BCUT2D eigenvalue weighted by Gasteiger charge is 2.29. The molecule has 0 spiro atoms. The molecule has 26 heavy (non-hydrogen) atoms. The van der Waals surface area contributed by atoms with Crippen LogP contribution in [-0.2, 0) is 11.3 Å². The van der Waals surface area contributed by atoms with Gasteiger partial charge in [0.25, 0.3) is 0 Å². The molecule has 7 nitrogen and oxygen atoms in total. The fourth-order valence-corrected chi connectivity index (χ4v) is 3.60. The van der Waals surface area contributed by atoms with Gasteiger partial charge in [-0.25, -0.2) is 0 Å². The molecule has 2 saturated heterocycles. The first-order valence-electron chi connectivity index (χ1n) is 8.99. The number of hydrogen-bond donors (Lipinski definition) is 1. The Morgan fingerprint density at radius 1 is 1.23 bits per heavy atom. The average Bonchev–Trinajstić information content (AvgIpc) is 3.35. The summed E-state index contributed by atoms with van der Waals surface area (Å²) in [7, 11) is 0. The molecule has 2 aliphatic heterocycles. The zero-order chi connectivity index (χ0) is 17.9. The molecular formula is C18H22ClN5O2. The highest BCUT2D eigenvalue weighted by Crippen LogP contribution is 2.20. The largest absolute Gasteiger partial charge is 0.340 e. The van der Waals surface area contributed by atoms with E-state index in [1.807, 2.05) is 29.2 Å². The third-order valence-corrected chi connectivity index (χ3v) is 5.27. The zero-order valence-corrected chi connectivity index (χ0v) is 15.3. The number of piperazine rings is 1. The van der Waals surface area contributed by atoms with Crippen molar-refractivity contribution in [2.24, 2.45) is 5.92 Å². The molecule has 0 bridgehead atoms. The van der Waals surface area contributed by atoms with Gasteiger partial charge in [-0.2, -0.15) is 4.98 Å². The summed E-state index contributed by atoms with van der Waals surface area (Å²) in [5, 5.41) is 7.99. The predicted octanol–water partition coefficient (Wildman–Crippen LogP) is 1.64. The van der Waals surface area contributed by atoms with E-state index in [0.717, 1.165) is 51.3 Å². The Labute approximate surface area is 157 Å². The first kappa shape index (κ1) is 17.5. The van der Waals surface area contributed by atoms with E-state index in [1.54, 1.807) is 0 Å². The molecule has 1 N–H and O–H groups in total. The van der Waals surface area contributed by atoms with E-state index in [-0.39, 0.29) is 11.8 Å². The molecule has 2 aromatic rings. The Morgan fingerprint density at radius 2 is 2.00 bits per heavy atom. The van der Waals surface area contributed by atoms with Gasteiger partial charge in [0.2, 0.25) is 17.6 Å². The summed E-state index contributed by atoms with van der Waals surface area (Å²) < 4.78 is 5.38. The van der Waals surface area contributed by atoms with Crippen molar-refractivity contribution in [1.29, 1.82) is 0 Å². The van der Waals surface area contributed by atoms with E-state index in [9.17, 15) is 4.79 Å². The van der Waals surface area contributed by atoms with Crippen LogP contribution >= 0.6 is 11.6 Å². The molecule has 1 atom stereocenters. The number of nitrogens with zero attached hydrogens (tertiary/aromatic N) is 4. The van der Waals surface area contributed by atoms with Crippen LogP contribution in [0.25, 0.3) is 11.4 Å². The molecule has 2 fully saturated rings. The number of benzene rings is 1. The molecule has 3 heterocycles. The average molecular weight is 376 g/mol. The maximum Gasteiger partial charge on any atom is 0.241 e. The Balaban J connectivity index is 1.30. The van der Waals surface area contributed by atoms with E-state index in [4.69, 9.17) is 16.1 Å². The van der Waals surface area contributed by atoms with Crippen LogP contribution in [0.5, 0.6) is 0 Å². The topological polar surface area (TPSA) is 74.5 Å². The Hall–Kier alpha value is -1.96. The molecule has 2 aliphatic rings. The van der Waals surface area contributed by atoms with Crippen molar-refractivity contribution < 1.29 is 9.32 Å². The lowest BCUT2D eigenvalue weighted by molar-refractivity contribution is -0.136. The van der Waals surface area contributed by atoms with Gasteiger partial charge in [0.1, 0.15) is 0 Å². The molecule has 4 rings (SSSR count). The minimum absolute atomic E-state index is 0.152. The van der Waals surface area contributed by atoms with Crippen LogP contribution < -0.4 is 5.32 Å². The van der Waals surface area contributed by atoms with Crippen molar-refractivity contribution in [1.82, 2.24) is 25.3 Å². The van der Waals surface area contributed by atoms with E-state index in [0.29, 0.717) is 23.3 Å². The van der Waals surface area contributed by atoms with Crippen LogP contribution in [0.3, 0.4) is 0 Å². The summed E-state index contributed by atoms with van der Waals surface area (Å²) in [5.74, 6) is 1.60. The molecule has 0 radical (unpaired) electrons. The second kappa shape index (κ2) is 7.73. The van der Waals surface area contributed by atoms with Gasteiger partial charge in [-0.3, -0.25) is 9.69 Å². The Bertz CT molecular complexity index is 749. The van der Waals surface area contributed by atoms with Crippen molar-refractivity contribution in [3.8, 4) is 11.4 Å². The van der Waals surface area contributed by atoms with Crippen LogP contribution in [-0.4, -0.2) is 65.1 Å². The van der Waals surface area contributed by atoms with Gasteiger partial charge in [-0.15, -0.1) is 0 Å². The summed E-state index contributed by atoms with van der Waals surface area (Å²) in [4.78, 5) is 21.2. The number of rotatable bonds is 4. The van der Waals surface area contributed by atoms with Gasteiger partial charge in [0.15, 0.2) is 0 Å². The molecule has 138 valence electrons. The van der Waals surface area contributed by atoms with Crippen molar-refractivity contribution in [2.75, 3.05) is 39.3 Å². The summed E-state index contributed by atoms with van der Waals surface area (Å²) in [5.41, 5.74) is 0.880. The molecule has 1 aromatic heterocycles. The van der Waals surface area contributed by atoms with Crippen molar-refractivity contribution in [2.45, 2.75) is 13.0 Å². The molecule has 0 saturated carbocycles. The smallest absolute Gasteiger partial charge is 0.241 e. The normalized spacial score (nSPS) is 21.3. The minimum Gasteiger partial charge on any atom is -0.340 e. The Kier molecular flexibility index (Phi) is 5.19. The fraction of sp³-hybridized carbons (Fsp3) is 0.500. The quantitative estimate of drug-likeness (QED) is 0.875. The number of amides is 1. The predicted molar refractivity (Wildman–Crippen MR) is 97.6 cm³/mol. The number of hydrogen-bond acceptors (Lipinski definition) is 6. The SMILES string of the molecule is O=C(C1CCNC1)N1CCN(Cc2nc(-c3ccc(Cl)cc3)no2)CC1. The van der Waals surface area contributed by atoms with Gasteiger partial charge in [0, 0.05) is 43.3 Å². The third-order valence-electron chi connectivity index (χ3n) is 5.02. The first-order valence-corrected chi connectivity index (χ1v) is 9.37. The second-order valence-corrected chi connectivity index (χ2v) is 7.25. The second-order valence-electron chi connectivity index (χ2n) is 6.81. The minimum atomic E-state index is 0.152. The number of aromatic nitrogens is 2. The van der Waals surface area contributed by atoms with Crippen molar-refractivity contribution in [3.05, 3.63) is 35.2 Å². The lowest BCUT2D eigenvalue weighted by Gasteiger charge is -2.35. The zero-order valence-electron chi connectivity index (χ0n) is 14.5. The monoisotopic (exact) mass is 375 g/mol. The van der Waals surface area contributed by atoms with E-state index in [2.05, 4.69) is 20.4 Å². The summed E-state index contributed by atoms with van der Waals surface area (Å²) in [6.07, 6.45) is 0.953. The number of halogens is 1. The third kappa shape index (κ3) is 3.90. The van der Waals surface area contributed by atoms with E-state index in [1.165, 1.54) is 0 Å². The summed E-state index contributed by atoms with van der Waals surface area (Å²) in [6.45, 7) is 5.53. The van der Waals surface area contributed by atoms with Crippen LogP contribution in [0.15, 0.2) is 28.8 Å². The number of carbonyl (C=O) groups is 1. The van der Waals surface area contributed by atoms with Crippen LogP contribution in [0.4, 0.5) is 0 Å². The standard InChI is InChI=1S/C18H22ClN5O2/c19-15-3-1-13(2-4-15)17-21-16(26-22-17)12-23-7-9-24(10-8-23)18(25)14-5-6-20-11-14/h1-4,14,20H,5-12H2. The number of carbonyl (C=O) groups excluding carboxylic acids is 1. The van der Waals surface area contributed by atoms with Gasteiger partial charge in [-0.1, -0.05) is 16.8 Å². The highest BCUT2D eigenvalue weighted by atomic mass is 35.5. The highest BCUT2D eigenvalue weighted by molar-refractivity contribution is 6.30. The fourth-order valence-electron chi connectivity index (χ4n) is 3.48. The summed E-state index contributed by atoms with van der Waals surface area (Å²) >= 11 is 5.91. The molecule has 1 amide bonds. The lowest BCUT2D eigenvalue weighted by Crippen LogP contribution is -2.50. The summed E-state index contributed by atoms with van der Waals surface area (Å²) in [6, 6.07) is 7.37. The molecule has 1 aromatic carbocycles. The van der Waals surface area contributed by atoms with Crippen LogP contribution in [0, 0.1) is 5.92 Å². The van der Waals surface area contributed by atoms with Crippen LogP contribution in [0.1, 0.15) is 12.3 Å². The molecule has 0 aliphatic carbocycles. The molecule has 1 unspecified atom stereocenters. The first-order chi connectivity index (χ1) is 12.7. The van der Waals surface area contributed by atoms with E-state index >= 15 is 0 Å². The van der Waals surface area contributed by atoms with E-state index < -0.39 is 0 Å². The maximum atomic E-state index is 12.5. The van der Waals surface area contributed by atoms with Crippen LogP contribution in [0.2, 0.25) is 5.02 Å². The van der Waals surface area contributed by atoms with Crippen molar-refractivity contribution in [3.63, 3.8) is 0 Å². The van der Waals surface area contributed by atoms with Gasteiger partial charge < -0.3 is 14.7 Å². The maximum absolute atomic E-state index is 12.5. The van der Waals surface area contributed by atoms with Gasteiger partial charge in [0.05, 0.1) is 12.5 Å². The lowest BCUT2D eigenvalue weighted by atomic mass is 10.1. The van der Waals surface area contributed by atoms with Crippen molar-refractivity contribution >= 4 is 17.5 Å². The number of nitrogens with one attached hydrogen (secondary N) is 1. The van der Waals surface area contributed by atoms with Gasteiger partial charge >= 0.3 is 0 Å². The molecule has 8 heteroatoms. The van der Waals surface area contributed by atoms with Gasteiger partial charge in [-0.05, 0) is 37.2 Å². The Morgan fingerprint density at radius 3 is 2.69 bits per heavy atom. The molecular weight excluding hydrogens is 354 g/mol.